The number of unbranched alkanes of at least 4 members (excludes halogenated alkanes) is 3. The fourth-order valence-corrected chi connectivity index (χ4v) is 1.63. The molecule has 11 heavy (non-hydrogen) atoms. The highest BCUT2D eigenvalue weighted by atomic mass is 28.4. The molecule has 0 saturated carbocycles. The van der Waals surface area contributed by atoms with Crippen molar-refractivity contribution in [3.63, 3.8) is 0 Å². The molecule has 0 fully saturated rings. The molecule has 0 aliphatic rings. The number of hydrogen-bond acceptors (Lipinski definition) is 1. The molecule has 0 aliphatic heterocycles. The highest BCUT2D eigenvalue weighted by Crippen LogP contribution is 2.03. The van der Waals surface area contributed by atoms with Crippen molar-refractivity contribution in [2.75, 3.05) is 0 Å². The topological polar surface area (TPSA) is 20.2 Å². The first-order chi connectivity index (χ1) is 5.06. The maximum absolute atomic E-state index is 9.43. The summed E-state index contributed by atoms with van der Waals surface area (Å²) in [5, 5.41) is 0. The molecule has 0 unspecified atom stereocenters. The van der Waals surface area contributed by atoms with Crippen molar-refractivity contribution in [1.82, 2.24) is 0 Å². The quantitative estimate of drug-likeness (QED) is 0.499. The first-order valence-corrected chi connectivity index (χ1v) is 7.49. The van der Waals surface area contributed by atoms with Crippen LogP contribution in [0.2, 0.25) is 13.1 Å². The van der Waals surface area contributed by atoms with Gasteiger partial charge in [0.25, 0.3) is 0 Å². The molecule has 0 radical (unpaired) electrons. The Morgan fingerprint density at radius 1 is 1.27 bits per heavy atom. The second kappa shape index (κ2) is 5.55. The van der Waals surface area contributed by atoms with Gasteiger partial charge in [-0.1, -0.05) is 31.5 Å². The standard InChI is InChI=1S/C9H20OSi/c1-4-5-6-7-8-9-11(2,3)10/h8-10H,4-7H2,1-3H3/b9-8-. The third kappa shape index (κ3) is 9.92. The molecular formula is C9H20OSi. The number of rotatable bonds is 5. The zero-order valence-electron chi connectivity index (χ0n) is 7.93. The first-order valence-electron chi connectivity index (χ1n) is 4.46. The fraction of sp³-hybridized carbons (Fsp3) is 0.778. The van der Waals surface area contributed by atoms with Crippen molar-refractivity contribution < 1.29 is 4.80 Å². The van der Waals surface area contributed by atoms with Gasteiger partial charge in [-0.15, -0.1) is 0 Å². The van der Waals surface area contributed by atoms with Crippen LogP contribution in [-0.4, -0.2) is 13.1 Å². The lowest BCUT2D eigenvalue weighted by Crippen LogP contribution is -2.21. The summed E-state index contributed by atoms with van der Waals surface area (Å²) in [7, 11) is -1.90. The van der Waals surface area contributed by atoms with Gasteiger partial charge in [-0.05, 0) is 25.9 Å². The maximum Gasteiger partial charge on any atom is 0.206 e. The largest absolute Gasteiger partial charge is 0.428 e. The summed E-state index contributed by atoms with van der Waals surface area (Å²) in [5.41, 5.74) is 2.00. The van der Waals surface area contributed by atoms with Gasteiger partial charge in [-0.3, -0.25) is 0 Å². The highest BCUT2D eigenvalue weighted by molar-refractivity contribution is 6.74. The summed E-state index contributed by atoms with van der Waals surface area (Å²) in [4.78, 5) is 9.43. The van der Waals surface area contributed by atoms with E-state index in [0.717, 1.165) is 6.42 Å². The molecule has 66 valence electrons. The molecule has 0 saturated heterocycles. The Bertz CT molecular complexity index is 113. The van der Waals surface area contributed by atoms with Gasteiger partial charge in [-0.2, -0.15) is 0 Å². The van der Waals surface area contributed by atoms with Gasteiger partial charge in [0.15, 0.2) is 0 Å². The second-order valence-corrected chi connectivity index (χ2v) is 7.19. The highest BCUT2D eigenvalue weighted by Gasteiger charge is 2.09. The first kappa shape index (κ1) is 10.9. The molecule has 0 rings (SSSR count). The van der Waals surface area contributed by atoms with E-state index in [0.29, 0.717) is 0 Å². The zero-order valence-corrected chi connectivity index (χ0v) is 8.93. The fourth-order valence-electron chi connectivity index (χ4n) is 0.884. The summed E-state index contributed by atoms with van der Waals surface area (Å²) >= 11 is 0. The SMILES string of the molecule is CCCCC/C=C\[Si](C)(C)O. The van der Waals surface area contributed by atoms with Crippen LogP contribution < -0.4 is 0 Å². The van der Waals surface area contributed by atoms with Crippen molar-refractivity contribution in [3.05, 3.63) is 11.8 Å². The molecule has 0 aromatic rings. The van der Waals surface area contributed by atoms with Crippen LogP contribution in [0.15, 0.2) is 11.8 Å². The van der Waals surface area contributed by atoms with E-state index in [1.807, 2.05) is 18.8 Å². The molecule has 0 aromatic carbocycles. The van der Waals surface area contributed by atoms with Crippen molar-refractivity contribution in [2.24, 2.45) is 0 Å². The number of hydrogen-bond donors (Lipinski definition) is 1. The lowest BCUT2D eigenvalue weighted by molar-refractivity contribution is 0.567. The van der Waals surface area contributed by atoms with Crippen LogP contribution >= 0.6 is 0 Å². The molecule has 1 N–H and O–H groups in total. The third-order valence-corrected chi connectivity index (χ3v) is 2.55. The Morgan fingerprint density at radius 2 is 1.91 bits per heavy atom. The van der Waals surface area contributed by atoms with Crippen LogP contribution in [0.3, 0.4) is 0 Å². The predicted octanol–water partition coefficient (Wildman–Crippen LogP) is 2.86. The minimum absolute atomic E-state index is 1.13. The Kier molecular flexibility index (Phi) is 5.51. The summed E-state index contributed by atoms with van der Waals surface area (Å²) < 4.78 is 0. The van der Waals surface area contributed by atoms with Gasteiger partial charge in [0, 0.05) is 0 Å². The van der Waals surface area contributed by atoms with Crippen LogP contribution in [0.5, 0.6) is 0 Å². The summed E-state index contributed by atoms with van der Waals surface area (Å²) in [6.07, 6.45) is 7.09. The van der Waals surface area contributed by atoms with E-state index < -0.39 is 8.32 Å². The molecule has 1 nitrogen and oxygen atoms in total. The summed E-state index contributed by atoms with van der Waals surface area (Å²) in [6.45, 7) is 6.07. The Labute approximate surface area is 71.3 Å². The molecule has 0 spiro atoms. The van der Waals surface area contributed by atoms with Crippen molar-refractivity contribution in [1.29, 1.82) is 0 Å². The lowest BCUT2D eigenvalue weighted by atomic mass is 10.2. The van der Waals surface area contributed by atoms with E-state index in [9.17, 15) is 4.80 Å². The van der Waals surface area contributed by atoms with Gasteiger partial charge in [0.2, 0.25) is 8.32 Å². The Hall–Kier alpha value is -0.0831. The smallest absolute Gasteiger partial charge is 0.206 e. The average Bonchev–Trinajstić information content (AvgIpc) is 1.85. The minimum Gasteiger partial charge on any atom is -0.428 e. The summed E-state index contributed by atoms with van der Waals surface area (Å²) in [6, 6.07) is 0. The molecule has 0 bridgehead atoms. The van der Waals surface area contributed by atoms with Gasteiger partial charge in [-0.25, -0.2) is 0 Å². The monoisotopic (exact) mass is 172 g/mol. The lowest BCUT2D eigenvalue weighted by Gasteiger charge is -2.05. The van der Waals surface area contributed by atoms with E-state index in [2.05, 4.69) is 13.0 Å². The molecule has 0 heterocycles. The minimum atomic E-state index is -1.90. The van der Waals surface area contributed by atoms with Gasteiger partial charge in [0.1, 0.15) is 0 Å². The van der Waals surface area contributed by atoms with Gasteiger partial charge in [0.05, 0.1) is 0 Å². The molecule has 0 aliphatic carbocycles. The molecular weight excluding hydrogens is 152 g/mol. The van der Waals surface area contributed by atoms with Crippen molar-refractivity contribution in [2.45, 2.75) is 45.7 Å². The molecule has 0 amide bonds. The van der Waals surface area contributed by atoms with Crippen LogP contribution in [0, 0.1) is 0 Å². The van der Waals surface area contributed by atoms with E-state index >= 15 is 0 Å². The van der Waals surface area contributed by atoms with Crippen LogP contribution in [-0.2, 0) is 0 Å². The third-order valence-electron chi connectivity index (χ3n) is 1.50. The molecule has 0 aromatic heterocycles. The normalized spacial score (nSPS) is 12.7. The maximum atomic E-state index is 9.43. The van der Waals surface area contributed by atoms with Crippen molar-refractivity contribution in [3.8, 4) is 0 Å². The Balaban J connectivity index is 3.30. The van der Waals surface area contributed by atoms with Crippen LogP contribution in [0.1, 0.15) is 32.6 Å². The van der Waals surface area contributed by atoms with E-state index in [1.165, 1.54) is 19.3 Å². The second-order valence-electron chi connectivity index (χ2n) is 3.55. The summed E-state index contributed by atoms with van der Waals surface area (Å²) in [5.74, 6) is 0. The van der Waals surface area contributed by atoms with E-state index in [-0.39, 0.29) is 0 Å². The zero-order chi connectivity index (χ0) is 8.74. The van der Waals surface area contributed by atoms with Crippen LogP contribution in [0.25, 0.3) is 0 Å². The van der Waals surface area contributed by atoms with Crippen LogP contribution in [0.4, 0.5) is 0 Å². The number of allylic oxidation sites excluding steroid dienone is 1. The predicted molar refractivity (Wildman–Crippen MR) is 53.0 cm³/mol. The van der Waals surface area contributed by atoms with Gasteiger partial charge >= 0.3 is 0 Å². The van der Waals surface area contributed by atoms with E-state index in [4.69, 9.17) is 0 Å². The van der Waals surface area contributed by atoms with Crippen molar-refractivity contribution >= 4 is 8.32 Å². The van der Waals surface area contributed by atoms with Gasteiger partial charge < -0.3 is 4.80 Å². The Morgan fingerprint density at radius 3 is 2.36 bits per heavy atom. The molecule has 2 heteroatoms. The van der Waals surface area contributed by atoms with E-state index in [1.54, 1.807) is 0 Å². The molecule has 0 atom stereocenters. The average molecular weight is 172 g/mol.